The second-order valence-electron chi connectivity index (χ2n) is 5.84. The molecule has 1 aliphatic rings. The predicted octanol–water partition coefficient (Wildman–Crippen LogP) is 2.08. The maximum Gasteiger partial charge on any atom is 0.121 e. The quantitative estimate of drug-likeness (QED) is 0.817. The molecule has 0 unspecified atom stereocenters. The first-order valence-corrected chi connectivity index (χ1v) is 6.77. The molecular weight excluding hydrogens is 240 g/mol. The van der Waals surface area contributed by atoms with E-state index >= 15 is 0 Å². The number of likely N-dealkylation sites (N-methyl/N-ethyl adjacent to an activating group) is 1. The summed E-state index contributed by atoms with van der Waals surface area (Å²) < 4.78 is 11.0. The lowest BCUT2D eigenvalue weighted by molar-refractivity contribution is -0.0924. The Kier molecular flexibility index (Phi) is 4.66. The van der Waals surface area contributed by atoms with Gasteiger partial charge in [0.2, 0.25) is 0 Å². The van der Waals surface area contributed by atoms with Gasteiger partial charge in [0, 0.05) is 30.3 Å². The Morgan fingerprint density at radius 3 is 2.79 bits per heavy atom. The van der Waals surface area contributed by atoms with Crippen LogP contribution in [0.3, 0.4) is 0 Å². The summed E-state index contributed by atoms with van der Waals surface area (Å²) in [7, 11) is 4.09. The highest BCUT2D eigenvalue weighted by Crippen LogP contribution is 2.27. The number of hydrogen-bond acceptors (Lipinski definition) is 4. The zero-order valence-electron chi connectivity index (χ0n) is 12.1. The lowest BCUT2D eigenvalue weighted by Crippen LogP contribution is -2.45. The van der Waals surface area contributed by atoms with Crippen LogP contribution in [0, 0.1) is 5.41 Å². The van der Waals surface area contributed by atoms with Crippen LogP contribution >= 0.6 is 0 Å². The van der Waals surface area contributed by atoms with Gasteiger partial charge in [-0.05, 0) is 26.2 Å². The van der Waals surface area contributed by atoms with Crippen LogP contribution in [0.25, 0.3) is 0 Å². The number of nitrogens with one attached hydrogen (secondary N) is 1. The summed E-state index contributed by atoms with van der Waals surface area (Å²) in [6, 6.07) is 8.14. The van der Waals surface area contributed by atoms with Crippen molar-refractivity contribution in [3.8, 4) is 5.75 Å². The molecule has 4 nitrogen and oxygen atoms in total. The molecule has 1 aliphatic heterocycles. The maximum absolute atomic E-state index is 5.72. The molecule has 1 aromatic carbocycles. The van der Waals surface area contributed by atoms with Gasteiger partial charge in [-0.2, -0.15) is 0 Å². The summed E-state index contributed by atoms with van der Waals surface area (Å²) in [5, 5.41) is 3.46. The summed E-state index contributed by atoms with van der Waals surface area (Å²) in [4.78, 5) is 2.11. The standard InChI is InChI=1S/C15H24N2O2/c1-15(11-18-12-15)10-16-13-5-4-6-14(9-13)19-8-7-17(2)3/h4-6,9,16H,7-8,10-12H2,1-3H3. The highest BCUT2D eigenvalue weighted by Gasteiger charge is 2.32. The van der Waals surface area contributed by atoms with Crippen LogP contribution in [0.2, 0.25) is 0 Å². The average Bonchev–Trinajstić information content (AvgIpc) is 2.34. The minimum atomic E-state index is 0.280. The van der Waals surface area contributed by atoms with Crippen molar-refractivity contribution in [3.63, 3.8) is 0 Å². The molecular formula is C15H24N2O2. The SMILES string of the molecule is CN(C)CCOc1cccc(NCC2(C)COC2)c1. The predicted molar refractivity (Wildman–Crippen MR) is 77.9 cm³/mol. The Labute approximate surface area is 115 Å². The monoisotopic (exact) mass is 264 g/mol. The molecule has 1 N–H and O–H groups in total. The first-order chi connectivity index (χ1) is 9.07. The van der Waals surface area contributed by atoms with Crippen LogP contribution in [0.5, 0.6) is 5.75 Å². The van der Waals surface area contributed by atoms with Gasteiger partial charge in [-0.25, -0.2) is 0 Å². The van der Waals surface area contributed by atoms with Gasteiger partial charge in [-0.15, -0.1) is 0 Å². The molecule has 1 fully saturated rings. The highest BCUT2D eigenvalue weighted by atomic mass is 16.5. The molecule has 0 radical (unpaired) electrons. The van der Waals surface area contributed by atoms with Crippen LogP contribution in [0.15, 0.2) is 24.3 Å². The Morgan fingerprint density at radius 2 is 2.16 bits per heavy atom. The lowest BCUT2D eigenvalue weighted by Gasteiger charge is -2.38. The largest absolute Gasteiger partial charge is 0.492 e. The van der Waals surface area contributed by atoms with Crippen LogP contribution < -0.4 is 10.1 Å². The molecule has 0 aliphatic carbocycles. The fraction of sp³-hybridized carbons (Fsp3) is 0.600. The van der Waals surface area contributed by atoms with Crippen LogP contribution in [0.4, 0.5) is 5.69 Å². The number of nitrogens with zero attached hydrogens (tertiary/aromatic N) is 1. The van der Waals surface area contributed by atoms with Crippen molar-refractivity contribution in [3.05, 3.63) is 24.3 Å². The third-order valence-electron chi connectivity index (χ3n) is 3.26. The van der Waals surface area contributed by atoms with Crippen molar-refractivity contribution in [1.29, 1.82) is 0 Å². The molecule has 1 aromatic rings. The van der Waals surface area contributed by atoms with Gasteiger partial charge in [-0.3, -0.25) is 0 Å². The van der Waals surface area contributed by atoms with Gasteiger partial charge in [0.1, 0.15) is 12.4 Å². The summed E-state index contributed by atoms with van der Waals surface area (Å²) in [6.45, 7) is 6.50. The van der Waals surface area contributed by atoms with E-state index in [0.717, 1.165) is 37.7 Å². The summed E-state index contributed by atoms with van der Waals surface area (Å²) in [5.41, 5.74) is 1.39. The molecule has 1 saturated heterocycles. The third-order valence-corrected chi connectivity index (χ3v) is 3.26. The molecule has 0 spiro atoms. The van der Waals surface area contributed by atoms with E-state index in [-0.39, 0.29) is 5.41 Å². The second-order valence-corrected chi connectivity index (χ2v) is 5.84. The van der Waals surface area contributed by atoms with Crippen LogP contribution in [-0.2, 0) is 4.74 Å². The minimum absolute atomic E-state index is 0.280. The Hall–Kier alpha value is -1.26. The number of anilines is 1. The fourth-order valence-electron chi connectivity index (χ4n) is 1.91. The summed E-state index contributed by atoms with van der Waals surface area (Å²) in [5.74, 6) is 0.918. The third kappa shape index (κ3) is 4.40. The van der Waals surface area contributed by atoms with E-state index in [4.69, 9.17) is 9.47 Å². The van der Waals surface area contributed by atoms with Crippen molar-refractivity contribution >= 4 is 5.69 Å². The van der Waals surface area contributed by atoms with E-state index in [1.54, 1.807) is 0 Å². The molecule has 0 amide bonds. The second kappa shape index (κ2) is 6.26. The molecule has 4 heteroatoms. The van der Waals surface area contributed by atoms with E-state index in [9.17, 15) is 0 Å². The van der Waals surface area contributed by atoms with E-state index in [0.29, 0.717) is 6.61 Å². The Bertz CT molecular complexity index is 403. The first-order valence-electron chi connectivity index (χ1n) is 6.77. The van der Waals surface area contributed by atoms with E-state index < -0.39 is 0 Å². The summed E-state index contributed by atoms with van der Waals surface area (Å²) >= 11 is 0. The highest BCUT2D eigenvalue weighted by molar-refractivity contribution is 5.48. The number of benzene rings is 1. The van der Waals surface area contributed by atoms with Gasteiger partial charge >= 0.3 is 0 Å². The van der Waals surface area contributed by atoms with E-state index in [2.05, 4.69) is 29.3 Å². The number of hydrogen-bond donors (Lipinski definition) is 1. The van der Waals surface area contributed by atoms with Crippen LogP contribution in [-0.4, -0.2) is 51.9 Å². The van der Waals surface area contributed by atoms with Gasteiger partial charge < -0.3 is 19.7 Å². The smallest absolute Gasteiger partial charge is 0.121 e. The number of rotatable bonds is 7. The van der Waals surface area contributed by atoms with Crippen molar-refractivity contribution in [2.45, 2.75) is 6.92 Å². The van der Waals surface area contributed by atoms with Crippen molar-refractivity contribution in [2.24, 2.45) is 5.41 Å². The molecule has 106 valence electrons. The van der Waals surface area contributed by atoms with Crippen molar-refractivity contribution < 1.29 is 9.47 Å². The fourth-order valence-corrected chi connectivity index (χ4v) is 1.91. The first kappa shape index (κ1) is 14.2. The molecule has 0 aromatic heterocycles. The Balaban J connectivity index is 1.81. The van der Waals surface area contributed by atoms with E-state index in [1.807, 2.05) is 26.2 Å². The molecule has 0 atom stereocenters. The number of ether oxygens (including phenoxy) is 2. The van der Waals surface area contributed by atoms with Gasteiger partial charge in [0.25, 0.3) is 0 Å². The van der Waals surface area contributed by atoms with Gasteiger partial charge in [-0.1, -0.05) is 13.0 Å². The van der Waals surface area contributed by atoms with Gasteiger partial charge in [0.15, 0.2) is 0 Å². The topological polar surface area (TPSA) is 33.7 Å². The average molecular weight is 264 g/mol. The van der Waals surface area contributed by atoms with Gasteiger partial charge in [0.05, 0.1) is 13.2 Å². The zero-order valence-corrected chi connectivity index (χ0v) is 12.1. The molecule has 0 saturated carbocycles. The zero-order chi connectivity index (χ0) is 13.7. The van der Waals surface area contributed by atoms with Crippen LogP contribution in [0.1, 0.15) is 6.92 Å². The molecule has 2 rings (SSSR count). The Morgan fingerprint density at radius 1 is 1.37 bits per heavy atom. The molecule has 1 heterocycles. The van der Waals surface area contributed by atoms with Crippen molar-refractivity contribution in [1.82, 2.24) is 4.90 Å². The maximum atomic E-state index is 5.72. The molecule has 19 heavy (non-hydrogen) atoms. The lowest BCUT2D eigenvalue weighted by atomic mass is 9.89. The molecule has 0 bridgehead atoms. The summed E-state index contributed by atoms with van der Waals surface area (Å²) in [6.07, 6.45) is 0. The van der Waals surface area contributed by atoms with E-state index in [1.165, 1.54) is 0 Å². The normalized spacial score (nSPS) is 17.1. The minimum Gasteiger partial charge on any atom is -0.492 e. The van der Waals surface area contributed by atoms with Crippen molar-refractivity contribution in [2.75, 3.05) is 52.3 Å².